The number of hydrogen-bond acceptors (Lipinski definition) is 2. The maximum Gasteiger partial charge on any atom is 0.303 e. The average molecular weight is 384 g/mol. The molecule has 0 radical (unpaired) electrons. The minimum absolute atomic E-state index is 0.258. The lowest BCUT2D eigenvalue weighted by Crippen LogP contribution is -1.94. The third-order valence-electron chi connectivity index (χ3n) is 5.23. The van der Waals surface area contributed by atoms with Crippen molar-refractivity contribution in [2.45, 2.75) is 32.1 Å². The lowest BCUT2D eigenvalue weighted by molar-refractivity contribution is -0.137. The molecule has 0 aliphatic carbocycles. The zero-order valence-corrected chi connectivity index (χ0v) is 16.3. The van der Waals surface area contributed by atoms with Gasteiger partial charge in [0.2, 0.25) is 0 Å². The van der Waals surface area contributed by atoms with Crippen LogP contribution in [0.3, 0.4) is 0 Å². The third-order valence-corrected chi connectivity index (χ3v) is 5.23. The van der Waals surface area contributed by atoms with Gasteiger partial charge in [-0.15, -0.1) is 0 Å². The topological polar surface area (TPSA) is 50.4 Å². The molecule has 4 rings (SSSR count). The van der Waals surface area contributed by atoms with Crippen LogP contribution in [-0.2, 0) is 11.2 Å². The minimum atomic E-state index is -0.713. The Bertz CT molecular complexity index is 1090. The van der Waals surface area contributed by atoms with Crippen LogP contribution in [0.2, 0.25) is 0 Å². The van der Waals surface area contributed by atoms with E-state index >= 15 is 0 Å². The molecule has 3 aromatic carbocycles. The monoisotopic (exact) mass is 384 g/mol. The lowest BCUT2D eigenvalue weighted by Gasteiger charge is -2.04. The van der Waals surface area contributed by atoms with Gasteiger partial charge in [-0.25, -0.2) is 0 Å². The summed E-state index contributed by atoms with van der Waals surface area (Å²) in [7, 11) is 0. The number of carboxylic acids is 1. The summed E-state index contributed by atoms with van der Waals surface area (Å²) in [5.74, 6) is 1.08. The van der Waals surface area contributed by atoms with Gasteiger partial charge in [-0.2, -0.15) is 0 Å². The first-order valence-corrected chi connectivity index (χ1v) is 10.1. The van der Waals surface area contributed by atoms with Crippen molar-refractivity contribution in [3.63, 3.8) is 0 Å². The Hall–Kier alpha value is -3.33. The number of aryl methyl sites for hydroxylation is 1. The Morgan fingerprint density at radius 1 is 0.690 bits per heavy atom. The third kappa shape index (κ3) is 4.40. The van der Waals surface area contributed by atoms with E-state index in [1.807, 2.05) is 30.3 Å². The summed E-state index contributed by atoms with van der Waals surface area (Å²) < 4.78 is 6.36. The molecule has 0 aliphatic heterocycles. The number of carbonyl (C=O) groups is 1. The van der Waals surface area contributed by atoms with Crippen LogP contribution in [0.15, 0.2) is 83.3 Å². The number of fused-ring (bicyclic) bond motifs is 1. The summed E-state index contributed by atoms with van der Waals surface area (Å²) in [6.07, 6.45) is 3.92. The Morgan fingerprint density at radius 2 is 1.28 bits per heavy atom. The van der Waals surface area contributed by atoms with Gasteiger partial charge in [0.05, 0.1) is 0 Å². The second kappa shape index (κ2) is 8.78. The molecule has 0 atom stereocenters. The van der Waals surface area contributed by atoms with Crippen LogP contribution in [-0.4, -0.2) is 11.1 Å². The van der Waals surface area contributed by atoms with Gasteiger partial charge in [0.1, 0.15) is 11.5 Å². The predicted octanol–water partition coefficient (Wildman–Crippen LogP) is 6.95. The first kappa shape index (κ1) is 19.0. The maximum absolute atomic E-state index is 10.6. The molecule has 0 fully saturated rings. The van der Waals surface area contributed by atoms with Gasteiger partial charge < -0.3 is 9.52 Å². The molecule has 0 bridgehead atoms. The van der Waals surface area contributed by atoms with Crippen LogP contribution in [0, 0.1) is 0 Å². The molecular weight excluding hydrogens is 360 g/mol. The standard InChI is InChI=1S/C26H24O3/c27-24(28)14-6-1-3-9-19-15-17-21(18-16-19)26-23-13-8-7-12-22(23)25(29-26)20-10-4-2-5-11-20/h2,4-5,7-8,10-13,15-18H,1,3,6,9,14H2,(H,27,28). The molecule has 4 aromatic rings. The lowest BCUT2D eigenvalue weighted by atomic mass is 10.0. The molecule has 1 aromatic heterocycles. The summed E-state index contributed by atoms with van der Waals surface area (Å²) in [5.41, 5.74) is 3.41. The maximum atomic E-state index is 10.6. The normalized spacial score (nSPS) is 11.0. The van der Waals surface area contributed by atoms with Crippen molar-refractivity contribution in [2.75, 3.05) is 0 Å². The molecule has 1 heterocycles. The Labute approximate surface area is 170 Å². The molecule has 0 saturated heterocycles. The first-order valence-electron chi connectivity index (χ1n) is 10.1. The van der Waals surface area contributed by atoms with Crippen molar-refractivity contribution >= 4 is 16.7 Å². The van der Waals surface area contributed by atoms with E-state index in [1.54, 1.807) is 0 Å². The SMILES string of the molecule is O=C(O)CCCCCc1ccc(-c2oc(-c3ccccc3)c3ccccc23)cc1. The highest BCUT2D eigenvalue weighted by Crippen LogP contribution is 2.39. The van der Waals surface area contributed by atoms with Crippen molar-refractivity contribution in [1.82, 2.24) is 0 Å². The predicted molar refractivity (Wildman–Crippen MR) is 117 cm³/mol. The Balaban J connectivity index is 1.55. The second-order valence-electron chi connectivity index (χ2n) is 7.32. The summed E-state index contributed by atoms with van der Waals surface area (Å²) >= 11 is 0. The fourth-order valence-corrected chi connectivity index (χ4v) is 3.71. The average Bonchev–Trinajstić information content (AvgIpc) is 3.14. The number of benzene rings is 3. The van der Waals surface area contributed by atoms with Crippen molar-refractivity contribution < 1.29 is 14.3 Å². The Kier molecular flexibility index (Phi) is 5.76. The van der Waals surface area contributed by atoms with Gasteiger partial charge >= 0.3 is 5.97 Å². The number of unbranched alkanes of at least 4 members (excludes halogenated alkanes) is 2. The van der Waals surface area contributed by atoms with E-state index in [0.29, 0.717) is 0 Å². The van der Waals surface area contributed by atoms with Crippen LogP contribution in [0.1, 0.15) is 31.2 Å². The fourth-order valence-electron chi connectivity index (χ4n) is 3.71. The van der Waals surface area contributed by atoms with E-state index in [9.17, 15) is 4.79 Å². The van der Waals surface area contributed by atoms with Gasteiger partial charge in [0, 0.05) is 28.3 Å². The summed E-state index contributed by atoms with van der Waals surface area (Å²) in [6, 6.07) is 27.0. The molecule has 1 N–H and O–H groups in total. The molecule has 29 heavy (non-hydrogen) atoms. The van der Waals surface area contributed by atoms with E-state index in [4.69, 9.17) is 9.52 Å². The van der Waals surface area contributed by atoms with Gasteiger partial charge in [-0.1, -0.05) is 85.3 Å². The number of aliphatic carboxylic acids is 1. The smallest absolute Gasteiger partial charge is 0.303 e. The van der Waals surface area contributed by atoms with E-state index < -0.39 is 5.97 Å². The summed E-state index contributed by atoms with van der Waals surface area (Å²) in [6.45, 7) is 0. The molecule has 0 amide bonds. The van der Waals surface area contributed by atoms with Crippen LogP contribution in [0.25, 0.3) is 33.4 Å². The zero-order chi connectivity index (χ0) is 20.1. The Morgan fingerprint density at radius 3 is 1.90 bits per heavy atom. The first-order chi connectivity index (χ1) is 14.2. The van der Waals surface area contributed by atoms with Crippen molar-refractivity contribution in [1.29, 1.82) is 0 Å². The van der Waals surface area contributed by atoms with Crippen molar-refractivity contribution in [3.8, 4) is 22.6 Å². The molecule has 0 unspecified atom stereocenters. The van der Waals surface area contributed by atoms with Crippen molar-refractivity contribution in [3.05, 3.63) is 84.4 Å². The number of hydrogen-bond donors (Lipinski definition) is 1. The fraction of sp³-hybridized carbons (Fsp3) is 0.192. The number of carboxylic acid groups (broad SMARTS) is 1. The summed E-state index contributed by atoms with van der Waals surface area (Å²) in [5, 5.41) is 10.9. The summed E-state index contributed by atoms with van der Waals surface area (Å²) in [4.78, 5) is 10.6. The largest absolute Gasteiger partial charge is 0.481 e. The zero-order valence-electron chi connectivity index (χ0n) is 16.3. The van der Waals surface area contributed by atoms with E-state index in [2.05, 4.69) is 48.5 Å². The van der Waals surface area contributed by atoms with Crippen LogP contribution < -0.4 is 0 Å². The van der Waals surface area contributed by atoms with Crippen LogP contribution in [0.5, 0.6) is 0 Å². The van der Waals surface area contributed by atoms with Gasteiger partial charge in [0.15, 0.2) is 0 Å². The van der Waals surface area contributed by atoms with Crippen LogP contribution in [0.4, 0.5) is 0 Å². The van der Waals surface area contributed by atoms with E-state index in [-0.39, 0.29) is 6.42 Å². The molecule has 0 spiro atoms. The van der Waals surface area contributed by atoms with Crippen LogP contribution >= 0.6 is 0 Å². The van der Waals surface area contributed by atoms with Gasteiger partial charge in [-0.05, 0) is 24.8 Å². The van der Waals surface area contributed by atoms with E-state index in [0.717, 1.165) is 59.1 Å². The van der Waals surface area contributed by atoms with Crippen molar-refractivity contribution in [2.24, 2.45) is 0 Å². The van der Waals surface area contributed by atoms with Gasteiger partial charge in [-0.3, -0.25) is 4.79 Å². The minimum Gasteiger partial charge on any atom is -0.481 e. The van der Waals surface area contributed by atoms with E-state index in [1.165, 1.54) is 5.56 Å². The molecular formula is C26H24O3. The highest BCUT2D eigenvalue weighted by atomic mass is 16.4. The molecule has 146 valence electrons. The quantitative estimate of drug-likeness (QED) is 0.334. The molecule has 3 nitrogen and oxygen atoms in total. The highest BCUT2D eigenvalue weighted by molar-refractivity contribution is 6.02. The molecule has 0 aliphatic rings. The number of rotatable bonds is 8. The highest BCUT2D eigenvalue weighted by Gasteiger charge is 2.15. The molecule has 3 heteroatoms. The molecule has 0 saturated carbocycles. The number of furan rings is 1. The van der Waals surface area contributed by atoms with Gasteiger partial charge in [0.25, 0.3) is 0 Å². The second-order valence-corrected chi connectivity index (χ2v) is 7.32.